The lowest BCUT2D eigenvalue weighted by Crippen LogP contribution is -2.05. The monoisotopic (exact) mass is 308 g/mol. The summed E-state index contributed by atoms with van der Waals surface area (Å²) in [5.74, 6) is 0. The Bertz CT molecular complexity index is 793. The number of fused-ring (bicyclic) bond motifs is 1. The number of thiophene rings is 1. The maximum absolute atomic E-state index is 12.7. The number of hydrogen-bond donors (Lipinski definition) is 2. The molecule has 0 spiro atoms. The van der Waals surface area contributed by atoms with E-state index in [1.54, 1.807) is 6.07 Å². The topological polar surface area (TPSA) is 38.0 Å². The molecular formula is C15H11F3N2S. The number of hydrogen-bond acceptors (Lipinski definition) is 3. The summed E-state index contributed by atoms with van der Waals surface area (Å²) in [7, 11) is 0. The van der Waals surface area contributed by atoms with Crippen LogP contribution in [-0.4, -0.2) is 0 Å². The molecule has 3 aromatic rings. The average Bonchev–Trinajstić information content (AvgIpc) is 2.75. The molecule has 3 rings (SSSR count). The minimum atomic E-state index is -4.36. The molecule has 6 heteroatoms. The zero-order chi connectivity index (χ0) is 15.0. The van der Waals surface area contributed by atoms with E-state index in [-0.39, 0.29) is 0 Å². The molecule has 108 valence electrons. The van der Waals surface area contributed by atoms with Crippen molar-refractivity contribution in [1.29, 1.82) is 0 Å². The van der Waals surface area contributed by atoms with Crippen molar-refractivity contribution in [2.24, 2.45) is 0 Å². The molecule has 0 saturated heterocycles. The van der Waals surface area contributed by atoms with E-state index in [4.69, 9.17) is 5.73 Å². The van der Waals surface area contributed by atoms with Gasteiger partial charge < -0.3 is 11.1 Å². The molecule has 2 nitrogen and oxygen atoms in total. The summed E-state index contributed by atoms with van der Waals surface area (Å²) in [4.78, 5) is 0. The summed E-state index contributed by atoms with van der Waals surface area (Å²) >= 11 is 1.40. The van der Waals surface area contributed by atoms with Crippen LogP contribution in [0.1, 0.15) is 5.56 Å². The number of nitrogen functional groups attached to an aromatic ring is 1. The Balaban J connectivity index is 2.01. The molecule has 0 radical (unpaired) electrons. The van der Waals surface area contributed by atoms with Crippen LogP contribution in [0, 0.1) is 0 Å². The molecule has 0 amide bonds. The van der Waals surface area contributed by atoms with E-state index in [1.165, 1.54) is 17.4 Å². The number of nitrogens with two attached hydrogens (primary N) is 1. The average molecular weight is 308 g/mol. The number of halogens is 3. The first-order chi connectivity index (χ1) is 9.95. The number of nitrogens with one attached hydrogen (secondary N) is 1. The number of alkyl halides is 3. The smallest absolute Gasteiger partial charge is 0.389 e. The molecule has 2 aromatic carbocycles. The van der Waals surface area contributed by atoms with E-state index in [2.05, 4.69) is 5.32 Å². The van der Waals surface area contributed by atoms with Crippen LogP contribution in [0.4, 0.5) is 29.5 Å². The third-order valence-corrected chi connectivity index (χ3v) is 4.08. The van der Waals surface area contributed by atoms with Gasteiger partial charge in [0, 0.05) is 15.8 Å². The van der Waals surface area contributed by atoms with Crippen molar-refractivity contribution in [3.63, 3.8) is 0 Å². The van der Waals surface area contributed by atoms with Gasteiger partial charge in [-0.2, -0.15) is 13.2 Å². The molecule has 1 aromatic heterocycles. The summed E-state index contributed by atoms with van der Waals surface area (Å²) in [6, 6.07) is 12.6. The summed E-state index contributed by atoms with van der Waals surface area (Å²) < 4.78 is 39.2. The maximum Gasteiger partial charge on any atom is 0.416 e. The highest BCUT2D eigenvalue weighted by atomic mass is 32.1. The zero-order valence-corrected chi connectivity index (χ0v) is 11.6. The van der Waals surface area contributed by atoms with Gasteiger partial charge in [-0.25, -0.2) is 0 Å². The molecular weight excluding hydrogens is 297 g/mol. The van der Waals surface area contributed by atoms with Crippen molar-refractivity contribution in [2.45, 2.75) is 6.18 Å². The van der Waals surface area contributed by atoms with Gasteiger partial charge in [0.2, 0.25) is 0 Å². The normalized spacial score (nSPS) is 11.8. The lowest BCUT2D eigenvalue weighted by molar-refractivity contribution is -0.137. The van der Waals surface area contributed by atoms with Crippen molar-refractivity contribution in [3.05, 3.63) is 54.1 Å². The van der Waals surface area contributed by atoms with Crippen molar-refractivity contribution >= 4 is 37.8 Å². The Morgan fingerprint density at radius 1 is 1.00 bits per heavy atom. The third-order valence-electron chi connectivity index (χ3n) is 3.08. The fourth-order valence-electron chi connectivity index (χ4n) is 2.11. The van der Waals surface area contributed by atoms with Gasteiger partial charge in [-0.15, -0.1) is 11.3 Å². The van der Waals surface area contributed by atoms with Crippen LogP contribution in [0.15, 0.2) is 48.5 Å². The van der Waals surface area contributed by atoms with Gasteiger partial charge in [0.25, 0.3) is 0 Å². The van der Waals surface area contributed by atoms with Crippen LogP contribution in [0.2, 0.25) is 0 Å². The Kier molecular flexibility index (Phi) is 3.25. The van der Waals surface area contributed by atoms with Gasteiger partial charge in [-0.1, -0.05) is 24.3 Å². The first kappa shape index (κ1) is 13.8. The molecule has 0 aliphatic rings. The second-order valence-electron chi connectivity index (χ2n) is 4.54. The second-order valence-corrected chi connectivity index (χ2v) is 5.62. The Morgan fingerprint density at radius 2 is 1.76 bits per heavy atom. The van der Waals surface area contributed by atoms with E-state index in [1.807, 2.05) is 24.3 Å². The zero-order valence-electron chi connectivity index (χ0n) is 10.7. The lowest BCUT2D eigenvalue weighted by Gasteiger charge is -2.10. The Labute approximate surface area is 123 Å². The maximum atomic E-state index is 12.7. The van der Waals surface area contributed by atoms with Gasteiger partial charge >= 0.3 is 6.18 Å². The predicted octanol–water partition coefficient (Wildman–Crippen LogP) is 5.25. The van der Waals surface area contributed by atoms with Crippen LogP contribution in [-0.2, 0) is 6.18 Å². The van der Waals surface area contributed by atoms with Gasteiger partial charge in [-0.05, 0) is 24.3 Å². The van der Waals surface area contributed by atoms with E-state index < -0.39 is 11.7 Å². The first-order valence-electron chi connectivity index (χ1n) is 6.16. The summed E-state index contributed by atoms with van der Waals surface area (Å²) in [6.45, 7) is 0. The SMILES string of the molecule is Nc1sc2ccccc2c1Nc1cccc(C(F)(F)F)c1. The molecule has 0 aliphatic heterocycles. The lowest BCUT2D eigenvalue weighted by atomic mass is 10.2. The molecule has 1 heterocycles. The minimum absolute atomic E-state index is 0.361. The molecule has 0 fully saturated rings. The largest absolute Gasteiger partial charge is 0.416 e. The first-order valence-corrected chi connectivity index (χ1v) is 6.98. The van der Waals surface area contributed by atoms with Crippen LogP contribution >= 0.6 is 11.3 Å². The highest BCUT2D eigenvalue weighted by molar-refractivity contribution is 7.23. The van der Waals surface area contributed by atoms with Gasteiger partial charge in [0.05, 0.1) is 11.3 Å². The molecule has 0 atom stereocenters. The van der Waals surface area contributed by atoms with Gasteiger partial charge in [0.15, 0.2) is 0 Å². The summed E-state index contributed by atoms with van der Waals surface area (Å²) in [5, 5.41) is 4.44. The molecule has 0 unspecified atom stereocenters. The summed E-state index contributed by atoms with van der Waals surface area (Å²) in [6.07, 6.45) is -4.36. The number of anilines is 3. The number of benzene rings is 2. The van der Waals surface area contributed by atoms with Gasteiger partial charge in [0.1, 0.15) is 5.00 Å². The highest BCUT2D eigenvalue weighted by Crippen LogP contribution is 2.40. The molecule has 0 aliphatic carbocycles. The van der Waals surface area contributed by atoms with Crippen LogP contribution in [0.25, 0.3) is 10.1 Å². The van der Waals surface area contributed by atoms with E-state index >= 15 is 0 Å². The fourth-order valence-corrected chi connectivity index (χ4v) is 3.04. The van der Waals surface area contributed by atoms with Crippen LogP contribution in [0.3, 0.4) is 0 Å². The van der Waals surface area contributed by atoms with Gasteiger partial charge in [-0.3, -0.25) is 0 Å². The quantitative estimate of drug-likeness (QED) is 0.679. The fraction of sp³-hybridized carbons (Fsp3) is 0.0667. The molecule has 3 N–H and O–H groups in total. The van der Waals surface area contributed by atoms with E-state index in [9.17, 15) is 13.2 Å². The Morgan fingerprint density at radius 3 is 2.52 bits per heavy atom. The number of rotatable bonds is 2. The van der Waals surface area contributed by atoms with Crippen LogP contribution < -0.4 is 11.1 Å². The predicted molar refractivity (Wildman–Crippen MR) is 81.0 cm³/mol. The van der Waals surface area contributed by atoms with Crippen molar-refractivity contribution in [2.75, 3.05) is 11.1 Å². The summed E-state index contributed by atoms with van der Waals surface area (Å²) in [5.41, 5.74) is 6.28. The highest BCUT2D eigenvalue weighted by Gasteiger charge is 2.30. The van der Waals surface area contributed by atoms with E-state index in [0.717, 1.165) is 22.2 Å². The Hall–Kier alpha value is -2.21. The van der Waals surface area contributed by atoms with E-state index in [0.29, 0.717) is 16.4 Å². The second kappa shape index (κ2) is 4.96. The third kappa shape index (κ3) is 2.67. The van der Waals surface area contributed by atoms with Crippen molar-refractivity contribution in [3.8, 4) is 0 Å². The molecule has 21 heavy (non-hydrogen) atoms. The molecule has 0 bridgehead atoms. The molecule has 0 saturated carbocycles. The standard InChI is InChI=1S/C15H11F3N2S/c16-15(17,18)9-4-3-5-10(8-9)20-13-11-6-1-2-7-12(11)21-14(13)19/h1-8,20H,19H2. The van der Waals surface area contributed by atoms with Crippen molar-refractivity contribution < 1.29 is 13.2 Å². The van der Waals surface area contributed by atoms with Crippen LogP contribution in [0.5, 0.6) is 0 Å². The van der Waals surface area contributed by atoms with Crippen molar-refractivity contribution in [1.82, 2.24) is 0 Å². The minimum Gasteiger partial charge on any atom is -0.389 e.